The maximum absolute atomic E-state index is 12.7. The van der Waals surface area contributed by atoms with Gasteiger partial charge < -0.3 is 5.32 Å². The zero-order valence-electron chi connectivity index (χ0n) is 12.5. The number of carbonyl (C=O) groups excluding carboxylic acids is 1. The van der Waals surface area contributed by atoms with Crippen molar-refractivity contribution in [2.45, 2.75) is 17.7 Å². The van der Waals surface area contributed by atoms with E-state index in [9.17, 15) is 13.2 Å². The minimum atomic E-state index is -3.65. The predicted octanol–water partition coefficient (Wildman–Crippen LogP) is 4.09. The molecule has 9 heteroatoms. The van der Waals surface area contributed by atoms with Crippen molar-refractivity contribution >= 4 is 56.2 Å². The van der Waals surface area contributed by atoms with Gasteiger partial charge in [0.05, 0.1) is 10.7 Å². The van der Waals surface area contributed by atoms with E-state index in [-0.39, 0.29) is 14.8 Å². The predicted molar refractivity (Wildman–Crippen MR) is 96.7 cm³/mol. The molecule has 1 aliphatic rings. The van der Waals surface area contributed by atoms with Gasteiger partial charge in [0.25, 0.3) is 5.91 Å². The van der Waals surface area contributed by atoms with Crippen LogP contribution in [-0.2, 0) is 10.0 Å². The molecule has 0 bridgehead atoms. The Morgan fingerprint density at radius 3 is 2.54 bits per heavy atom. The summed E-state index contributed by atoms with van der Waals surface area (Å²) in [7, 11) is -3.65. The minimum Gasteiger partial charge on any atom is -0.320 e. The molecule has 2 aromatic rings. The molecule has 0 radical (unpaired) electrons. The number of hydrogen-bond donors (Lipinski definition) is 1. The van der Waals surface area contributed by atoms with Crippen molar-refractivity contribution in [1.29, 1.82) is 0 Å². The number of sulfonamides is 1. The van der Waals surface area contributed by atoms with Crippen LogP contribution in [0.3, 0.4) is 0 Å². The third-order valence-corrected chi connectivity index (χ3v) is 7.23. The van der Waals surface area contributed by atoms with Gasteiger partial charge in [-0.2, -0.15) is 4.31 Å². The van der Waals surface area contributed by atoms with Gasteiger partial charge in [-0.3, -0.25) is 4.79 Å². The van der Waals surface area contributed by atoms with Gasteiger partial charge in [0, 0.05) is 18.1 Å². The second-order valence-electron chi connectivity index (χ2n) is 5.30. The molecule has 1 N–H and O–H groups in total. The van der Waals surface area contributed by atoms with Crippen LogP contribution in [0.1, 0.15) is 22.5 Å². The standard InChI is InChI=1S/C15H14Cl2N2O3S2/c16-10-3-4-12(11(17)9-10)18-15(20)14-13(5-8-23-14)24(21,22)19-6-1-2-7-19/h3-5,8-9H,1-2,6-7H2,(H,18,20). The first kappa shape index (κ1) is 17.7. The lowest BCUT2D eigenvalue weighted by Gasteiger charge is -2.15. The lowest BCUT2D eigenvalue weighted by atomic mass is 10.3. The molecule has 128 valence electrons. The summed E-state index contributed by atoms with van der Waals surface area (Å²) in [4.78, 5) is 12.7. The SMILES string of the molecule is O=C(Nc1ccc(Cl)cc1Cl)c1sccc1S(=O)(=O)N1CCCC1. The molecule has 0 spiro atoms. The molecule has 1 fully saturated rings. The second-order valence-corrected chi connectivity index (χ2v) is 8.97. The zero-order valence-corrected chi connectivity index (χ0v) is 15.6. The van der Waals surface area contributed by atoms with Crippen LogP contribution < -0.4 is 5.32 Å². The molecule has 1 aromatic heterocycles. The van der Waals surface area contributed by atoms with Gasteiger partial charge in [-0.1, -0.05) is 23.2 Å². The number of anilines is 1. The van der Waals surface area contributed by atoms with E-state index < -0.39 is 15.9 Å². The van der Waals surface area contributed by atoms with Crippen molar-refractivity contribution in [3.05, 3.63) is 44.6 Å². The van der Waals surface area contributed by atoms with E-state index in [0.29, 0.717) is 23.8 Å². The van der Waals surface area contributed by atoms with Gasteiger partial charge >= 0.3 is 0 Å². The van der Waals surface area contributed by atoms with Gasteiger partial charge in [-0.15, -0.1) is 11.3 Å². The molecule has 24 heavy (non-hydrogen) atoms. The molecule has 1 amide bonds. The molecule has 0 saturated carbocycles. The van der Waals surface area contributed by atoms with Gasteiger partial charge in [-0.05, 0) is 42.5 Å². The smallest absolute Gasteiger partial charge is 0.267 e. The highest BCUT2D eigenvalue weighted by Gasteiger charge is 2.31. The topological polar surface area (TPSA) is 66.5 Å². The Balaban J connectivity index is 1.88. The summed E-state index contributed by atoms with van der Waals surface area (Å²) >= 11 is 13.0. The van der Waals surface area contributed by atoms with Crippen molar-refractivity contribution in [1.82, 2.24) is 4.31 Å². The minimum absolute atomic E-state index is 0.0389. The molecule has 1 aromatic carbocycles. The lowest BCUT2D eigenvalue weighted by molar-refractivity contribution is 0.102. The van der Waals surface area contributed by atoms with Crippen molar-refractivity contribution in [3.8, 4) is 0 Å². The molecule has 0 atom stereocenters. The molecule has 0 unspecified atom stereocenters. The van der Waals surface area contributed by atoms with E-state index in [1.54, 1.807) is 17.5 Å². The van der Waals surface area contributed by atoms with E-state index in [1.165, 1.54) is 16.4 Å². The molecule has 5 nitrogen and oxygen atoms in total. The lowest BCUT2D eigenvalue weighted by Crippen LogP contribution is -2.29. The van der Waals surface area contributed by atoms with Crippen LogP contribution in [0.5, 0.6) is 0 Å². The summed E-state index contributed by atoms with van der Waals surface area (Å²) in [5, 5.41) is 4.98. The van der Waals surface area contributed by atoms with Crippen LogP contribution in [0.25, 0.3) is 0 Å². The highest BCUT2D eigenvalue weighted by atomic mass is 35.5. The molecule has 1 saturated heterocycles. The van der Waals surface area contributed by atoms with E-state index in [2.05, 4.69) is 5.32 Å². The summed E-state index contributed by atoms with van der Waals surface area (Å²) in [5.41, 5.74) is 0.379. The number of amides is 1. The number of nitrogens with one attached hydrogen (secondary N) is 1. The average molecular weight is 405 g/mol. The van der Waals surface area contributed by atoms with E-state index in [4.69, 9.17) is 23.2 Å². The fourth-order valence-electron chi connectivity index (χ4n) is 2.50. The Labute approximate surface area is 154 Å². The monoisotopic (exact) mass is 404 g/mol. The van der Waals surface area contributed by atoms with Crippen molar-refractivity contribution < 1.29 is 13.2 Å². The maximum Gasteiger partial charge on any atom is 0.267 e. The van der Waals surface area contributed by atoms with Crippen LogP contribution >= 0.6 is 34.5 Å². The third kappa shape index (κ3) is 3.45. The number of rotatable bonds is 4. The first-order valence-corrected chi connectivity index (χ1v) is 10.3. The summed E-state index contributed by atoms with van der Waals surface area (Å²) < 4.78 is 26.8. The Morgan fingerprint density at radius 2 is 1.88 bits per heavy atom. The Kier molecular flexibility index (Phi) is 5.17. The Hall–Kier alpha value is -1.12. The average Bonchev–Trinajstić information content (AvgIpc) is 3.21. The fraction of sp³-hybridized carbons (Fsp3) is 0.267. The van der Waals surface area contributed by atoms with E-state index in [1.807, 2.05) is 0 Å². The highest BCUT2D eigenvalue weighted by Crippen LogP contribution is 2.30. The Bertz CT molecular complexity index is 875. The van der Waals surface area contributed by atoms with Gasteiger partial charge in [0.2, 0.25) is 10.0 Å². The number of hydrogen-bond acceptors (Lipinski definition) is 4. The van der Waals surface area contributed by atoms with E-state index >= 15 is 0 Å². The first-order chi connectivity index (χ1) is 11.4. The second kappa shape index (κ2) is 7.01. The normalized spacial score (nSPS) is 15.6. The summed E-state index contributed by atoms with van der Waals surface area (Å²) in [6, 6.07) is 6.15. The Morgan fingerprint density at radius 1 is 1.17 bits per heavy atom. The van der Waals surface area contributed by atoms with Gasteiger partial charge in [0.1, 0.15) is 9.77 Å². The van der Waals surface area contributed by atoms with Crippen molar-refractivity contribution in [2.24, 2.45) is 0 Å². The van der Waals surface area contributed by atoms with Crippen LogP contribution in [0, 0.1) is 0 Å². The van der Waals surface area contributed by atoms with Crippen LogP contribution in [0.2, 0.25) is 10.0 Å². The molecule has 1 aliphatic heterocycles. The number of halogens is 2. The molecule has 3 rings (SSSR count). The maximum atomic E-state index is 12.7. The fourth-order valence-corrected chi connectivity index (χ4v) is 5.77. The number of thiophene rings is 1. The van der Waals surface area contributed by atoms with Gasteiger partial charge in [-0.25, -0.2) is 8.42 Å². The zero-order chi connectivity index (χ0) is 17.3. The number of nitrogens with zero attached hydrogens (tertiary/aromatic N) is 1. The van der Waals surface area contributed by atoms with Crippen molar-refractivity contribution in [3.63, 3.8) is 0 Å². The van der Waals surface area contributed by atoms with Crippen LogP contribution in [0.15, 0.2) is 34.5 Å². The summed E-state index contributed by atoms with van der Waals surface area (Å²) in [6.07, 6.45) is 1.68. The molecule has 2 heterocycles. The number of benzene rings is 1. The first-order valence-electron chi connectivity index (χ1n) is 7.23. The highest BCUT2D eigenvalue weighted by molar-refractivity contribution is 7.89. The van der Waals surface area contributed by atoms with Crippen molar-refractivity contribution in [2.75, 3.05) is 18.4 Å². The van der Waals surface area contributed by atoms with E-state index in [0.717, 1.165) is 24.2 Å². The number of carbonyl (C=O) groups is 1. The summed E-state index contributed by atoms with van der Waals surface area (Å²) in [5.74, 6) is -0.507. The third-order valence-electron chi connectivity index (χ3n) is 3.70. The molecular formula is C15H14Cl2N2O3S2. The quantitative estimate of drug-likeness (QED) is 0.833. The largest absolute Gasteiger partial charge is 0.320 e. The van der Waals surface area contributed by atoms with Crippen LogP contribution in [-0.4, -0.2) is 31.7 Å². The van der Waals surface area contributed by atoms with Crippen LogP contribution in [0.4, 0.5) is 5.69 Å². The molecule has 0 aliphatic carbocycles. The molecular weight excluding hydrogens is 391 g/mol. The summed E-state index contributed by atoms with van der Waals surface area (Å²) in [6.45, 7) is 0.977. The van der Waals surface area contributed by atoms with Gasteiger partial charge in [0.15, 0.2) is 0 Å².